The van der Waals surface area contributed by atoms with E-state index in [0.717, 1.165) is 77.8 Å². The monoisotopic (exact) mass is 347 g/mol. The average Bonchev–Trinajstić information content (AvgIpc) is 3.49. The molecule has 2 amide bonds. The maximum atomic E-state index is 13.0. The molecule has 1 saturated carbocycles. The summed E-state index contributed by atoms with van der Waals surface area (Å²) in [4.78, 5) is 31.9. The number of piperidine rings is 3. The Labute approximate surface area is 151 Å². The minimum absolute atomic E-state index is 0.207. The molecule has 0 aromatic heterocycles. The lowest BCUT2D eigenvalue weighted by molar-refractivity contribution is -0.145. The Kier molecular flexibility index (Phi) is 4.78. The van der Waals surface area contributed by atoms with Gasteiger partial charge in [-0.15, -0.1) is 0 Å². The molecule has 5 nitrogen and oxygen atoms in total. The maximum Gasteiger partial charge on any atom is 0.226 e. The molecule has 4 fully saturated rings. The van der Waals surface area contributed by atoms with E-state index in [4.69, 9.17) is 0 Å². The minimum Gasteiger partial charge on any atom is -0.342 e. The van der Waals surface area contributed by atoms with Crippen molar-refractivity contribution in [1.82, 2.24) is 14.7 Å². The van der Waals surface area contributed by atoms with Gasteiger partial charge >= 0.3 is 0 Å². The van der Waals surface area contributed by atoms with Gasteiger partial charge in [-0.1, -0.05) is 6.92 Å². The van der Waals surface area contributed by atoms with Gasteiger partial charge in [-0.2, -0.15) is 0 Å². The van der Waals surface area contributed by atoms with Crippen molar-refractivity contribution < 1.29 is 9.59 Å². The van der Waals surface area contributed by atoms with Crippen LogP contribution in [0.2, 0.25) is 0 Å². The first-order valence-electron chi connectivity index (χ1n) is 10.4. The standard InChI is InChI=1S/C20H33N3O2/c1-2-21-11-3-4-16(14-21)19(25)22-12-9-20(10-13-22)8-7-18(24)23(15-20)17-5-6-17/h16-17H,2-15H2,1H3. The predicted octanol–water partition coefficient (Wildman–Crippen LogP) is 2.11. The number of hydrogen-bond donors (Lipinski definition) is 0. The largest absolute Gasteiger partial charge is 0.342 e. The van der Waals surface area contributed by atoms with E-state index in [1.807, 2.05) is 0 Å². The molecule has 1 atom stereocenters. The van der Waals surface area contributed by atoms with E-state index in [1.54, 1.807) is 0 Å². The number of hydrogen-bond acceptors (Lipinski definition) is 3. The summed E-state index contributed by atoms with van der Waals surface area (Å²) in [7, 11) is 0. The average molecular weight is 348 g/mol. The van der Waals surface area contributed by atoms with Crippen molar-refractivity contribution >= 4 is 11.8 Å². The number of likely N-dealkylation sites (tertiary alicyclic amines) is 3. The Bertz CT molecular complexity index is 523. The Morgan fingerprint density at radius 3 is 2.56 bits per heavy atom. The second-order valence-electron chi connectivity index (χ2n) is 8.81. The first-order chi connectivity index (χ1) is 12.1. The van der Waals surface area contributed by atoms with Gasteiger partial charge in [-0.3, -0.25) is 9.59 Å². The van der Waals surface area contributed by atoms with Crippen LogP contribution in [0.3, 0.4) is 0 Å². The van der Waals surface area contributed by atoms with Gasteiger partial charge in [0, 0.05) is 38.6 Å². The van der Waals surface area contributed by atoms with Gasteiger partial charge in [-0.25, -0.2) is 0 Å². The third-order valence-electron chi connectivity index (χ3n) is 7.12. The first-order valence-corrected chi connectivity index (χ1v) is 10.4. The second kappa shape index (κ2) is 6.90. The predicted molar refractivity (Wildman–Crippen MR) is 97.1 cm³/mol. The quantitative estimate of drug-likeness (QED) is 0.785. The zero-order chi connectivity index (χ0) is 17.4. The molecule has 4 aliphatic rings. The van der Waals surface area contributed by atoms with Crippen LogP contribution in [0.25, 0.3) is 0 Å². The molecule has 1 spiro atoms. The van der Waals surface area contributed by atoms with E-state index < -0.39 is 0 Å². The van der Waals surface area contributed by atoms with Gasteiger partial charge in [-0.05, 0) is 63.5 Å². The molecule has 3 aliphatic heterocycles. The molecule has 1 unspecified atom stereocenters. The zero-order valence-electron chi connectivity index (χ0n) is 15.7. The first kappa shape index (κ1) is 17.3. The number of carbonyl (C=O) groups excluding carboxylic acids is 2. The third-order valence-corrected chi connectivity index (χ3v) is 7.12. The molecule has 25 heavy (non-hydrogen) atoms. The van der Waals surface area contributed by atoms with Crippen LogP contribution in [0, 0.1) is 11.3 Å². The fourth-order valence-electron chi connectivity index (χ4n) is 5.18. The van der Waals surface area contributed by atoms with E-state index in [0.29, 0.717) is 17.9 Å². The maximum absolute atomic E-state index is 13.0. The fraction of sp³-hybridized carbons (Fsp3) is 0.900. The highest BCUT2D eigenvalue weighted by molar-refractivity contribution is 5.79. The van der Waals surface area contributed by atoms with Crippen molar-refractivity contribution in [3.05, 3.63) is 0 Å². The molecule has 0 aromatic carbocycles. The topological polar surface area (TPSA) is 43.9 Å². The molecule has 3 saturated heterocycles. The fourth-order valence-corrected chi connectivity index (χ4v) is 5.18. The van der Waals surface area contributed by atoms with Gasteiger partial charge in [0.1, 0.15) is 0 Å². The molecular formula is C20H33N3O2. The molecule has 0 N–H and O–H groups in total. The lowest BCUT2D eigenvalue weighted by Gasteiger charge is -2.48. The minimum atomic E-state index is 0.207. The van der Waals surface area contributed by atoms with Gasteiger partial charge < -0.3 is 14.7 Å². The number of rotatable bonds is 3. The number of carbonyl (C=O) groups is 2. The van der Waals surface area contributed by atoms with Crippen molar-refractivity contribution in [1.29, 1.82) is 0 Å². The van der Waals surface area contributed by atoms with Crippen LogP contribution >= 0.6 is 0 Å². The van der Waals surface area contributed by atoms with E-state index in [2.05, 4.69) is 21.6 Å². The Balaban J connectivity index is 1.33. The van der Waals surface area contributed by atoms with E-state index in [9.17, 15) is 9.59 Å². The Morgan fingerprint density at radius 1 is 1.12 bits per heavy atom. The smallest absolute Gasteiger partial charge is 0.226 e. The van der Waals surface area contributed by atoms with Gasteiger partial charge in [0.05, 0.1) is 5.92 Å². The number of nitrogens with zero attached hydrogens (tertiary/aromatic N) is 3. The van der Waals surface area contributed by atoms with Gasteiger partial charge in [0.15, 0.2) is 0 Å². The van der Waals surface area contributed by atoms with E-state index in [-0.39, 0.29) is 11.3 Å². The lowest BCUT2D eigenvalue weighted by atomic mass is 9.72. The Morgan fingerprint density at radius 2 is 1.88 bits per heavy atom. The molecule has 5 heteroatoms. The van der Waals surface area contributed by atoms with Crippen molar-refractivity contribution in [2.24, 2.45) is 11.3 Å². The summed E-state index contributed by atoms with van der Waals surface area (Å²) >= 11 is 0. The Hall–Kier alpha value is -1.10. The van der Waals surface area contributed by atoms with E-state index >= 15 is 0 Å². The van der Waals surface area contributed by atoms with Crippen LogP contribution in [0.1, 0.15) is 58.3 Å². The van der Waals surface area contributed by atoms with Crippen molar-refractivity contribution in [3.8, 4) is 0 Å². The van der Waals surface area contributed by atoms with Crippen molar-refractivity contribution in [2.75, 3.05) is 39.3 Å². The van der Waals surface area contributed by atoms with Crippen LogP contribution in [-0.4, -0.2) is 71.8 Å². The molecular weight excluding hydrogens is 314 g/mol. The summed E-state index contributed by atoms with van der Waals surface area (Å²) in [5, 5.41) is 0. The van der Waals surface area contributed by atoms with E-state index in [1.165, 1.54) is 12.8 Å². The van der Waals surface area contributed by atoms with Gasteiger partial charge in [0.2, 0.25) is 11.8 Å². The molecule has 1 aliphatic carbocycles. The highest BCUT2D eigenvalue weighted by Gasteiger charge is 2.46. The second-order valence-corrected chi connectivity index (χ2v) is 8.81. The van der Waals surface area contributed by atoms with Crippen LogP contribution in [0.15, 0.2) is 0 Å². The summed E-state index contributed by atoms with van der Waals surface area (Å²) in [5.41, 5.74) is 0.287. The summed E-state index contributed by atoms with van der Waals surface area (Å²) in [6.45, 7) is 8.08. The van der Waals surface area contributed by atoms with Crippen LogP contribution in [-0.2, 0) is 9.59 Å². The number of amides is 2. The van der Waals surface area contributed by atoms with Crippen LogP contribution in [0.5, 0.6) is 0 Å². The highest BCUT2D eigenvalue weighted by Crippen LogP contribution is 2.43. The molecule has 0 aromatic rings. The normalized spacial score (nSPS) is 30.8. The summed E-state index contributed by atoms with van der Waals surface area (Å²) in [6, 6.07) is 0.534. The summed E-state index contributed by atoms with van der Waals surface area (Å²) in [6.07, 6.45) is 8.52. The van der Waals surface area contributed by atoms with Gasteiger partial charge in [0.25, 0.3) is 0 Å². The lowest BCUT2D eigenvalue weighted by Crippen LogP contribution is -2.54. The molecule has 0 bridgehead atoms. The molecule has 140 valence electrons. The summed E-state index contributed by atoms with van der Waals surface area (Å²) < 4.78 is 0. The third kappa shape index (κ3) is 3.57. The van der Waals surface area contributed by atoms with Crippen molar-refractivity contribution in [3.63, 3.8) is 0 Å². The van der Waals surface area contributed by atoms with Crippen LogP contribution in [0.4, 0.5) is 0 Å². The molecule has 3 heterocycles. The molecule has 0 radical (unpaired) electrons. The zero-order valence-corrected chi connectivity index (χ0v) is 15.7. The molecule has 4 rings (SSSR count). The highest BCUT2D eigenvalue weighted by atomic mass is 16.2. The van der Waals surface area contributed by atoms with Crippen molar-refractivity contribution in [2.45, 2.75) is 64.3 Å². The summed E-state index contributed by atoms with van der Waals surface area (Å²) in [5.74, 6) is 0.964. The van der Waals surface area contributed by atoms with Crippen LogP contribution < -0.4 is 0 Å². The SMILES string of the molecule is CCN1CCCC(C(=O)N2CCC3(CCC(=O)N(C4CC4)C3)CC2)C1.